The highest BCUT2D eigenvalue weighted by atomic mass is 35.5. The predicted molar refractivity (Wildman–Crippen MR) is 72.7 cm³/mol. The van der Waals surface area contributed by atoms with Crippen molar-refractivity contribution in [3.8, 4) is 0 Å². The highest BCUT2D eigenvalue weighted by molar-refractivity contribution is 7.89. The van der Waals surface area contributed by atoms with E-state index in [0.717, 1.165) is 0 Å². The third-order valence-corrected chi connectivity index (χ3v) is 4.33. The largest absolute Gasteiger partial charge is 0.481 e. The maximum absolute atomic E-state index is 11.9. The standard InChI is InChI=1S/C12H16ClNO4S/c1-9(12(15)16)4-3-7-14-19(17,18)11-6-2-5-10(13)8-11/h2,5-6,8-9,14H,3-4,7H2,1H3,(H,15,16). The van der Waals surface area contributed by atoms with E-state index in [4.69, 9.17) is 16.7 Å². The number of carboxylic acids is 1. The molecular formula is C12H16ClNO4S. The van der Waals surface area contributed by atoms with Crippen molar-refractivity contribution < 1.29 is 18.3 Å². The molecule has 0 aliphatic carbocycles. The molecule has 0 radical (unpaired) electrons. The maximum Gasteiger partial charge on any atom is 0.306 e. The number of carbonyl (C=O) groups is 1. The smallest absolute Gasteiger partial charge is 0.306 e. The molecule has 7 heteroatoms. The second-order valence-corrected chi connectivity index (χ2v) is 6.44. The normalized spacial score (nSPS) is 13.2. The molecule has 0 aliphatic rings. The maximum atomic E-state index is 11.9. The molecule has 0 saturated carbocycles. The molecule has 0 fully saturated rings. The molecule has 1 rings (SSSR count). The number of rotatable bonds is 7. The third-order valence-electron chi connectivity index (χ3n) is 2.63. The van der Waals surface area contributed by atoms with Crippen LogP contribution in [0.4, 0.5) is 0 Å². The van der Waals surface area contributed by atoms with Gasteiger partial charge in [-0.2, -0.15) is 0 Å². The molecule has 1 aromatic carbocycles. The Morgan fingerprint density at radius 2 is 2.16 bits per heavy atom. The van der Waals surface area contributed by atoms with Crippen LogP contribution in [-0.4, -0.2) is 26.0 Å². The first kappa shape index (κ1) is 15.9. The van der Waals surface area contributed by atoms with Crippen molar-refractivity contribution in [2.75, 3.05) is 6.54 Å². The summed E-state index contributed by atoms with van der Waals surface area (Å²) in [6.45, 7) is 1.79. The highest BCUT2D eigenvalue weighted by Gasteiger charge is 2.14. The molecule has 106 valence electrons. The van der Waals surface area contributed by atoms with Gasteiger partial charge in [-0.3, -0.25) is 4.79 Å². The topological polar surface area (TPSA) is 83.5 Å². The summed E-state index contributed by atoms with van der Waals surface area (Å²) >= 11 is 5.73. The van der Waals surface area contributed by atoms with Crippen LogP contribution in [0.15, 0.2) is 29.2 Å². The van der Waals surface area contributed by atoms with E-state index in [1.165, 1.54) is 12.1 Å². The van der Waals surface area contributed by atoms with Crippen LogP contribution in [0.2, 0.25) is 5.02 Å². The van der Waals surface area contributed by atoms with E-state index in [1.807, 2.05) is 0 Å². The Hall–Kier alpha value is -1.11. The zero-order valence-corrected chi connectivity index (χ0v) is 12.0. The molecule has 0 bridgehead atoms. The Labute approximate surface area is 117 Å². The summed E-state index contributed by atoms with van der Waals surface area (Å²) in [5, 5.41) is 9.05. The number of carboxylic acid groups (broad SMARTS) is 1. The van der Waals surface area contributed by atoms with Crippen LogP contribution < -0.4 is 4.72 Å². The van der Waals surface area contributed by atoms with Gasteiger partial charge in [-0.15, -0.1) is 0 Å². The first-order valence-corrected chi connectivity index (χ1v) is 7.67. The fourth-order valence-corrected chi connectivity index (χ4v) is 2.83. The SMILES string of the molecule is CC(CCCNS(=O)(=O)c1cccc(Cl)c1)C(=O)O. The van der Waals surface area contributed by atoms with Gasteiger partial charge < -0.3 is 5.11 Å². The Bertz CT molecular complexity index is 544. The van der Waals surface area contributed by atoms with Crippen LogP contribution >= 0.6 is 11.6 Å². The van der Waals surface area contributed by atoms with Gasteiger partial charge in [0.25, 0.3) is 0 Å². The van der Waals surface area contributed by atoms with Crippen molar-refractivity contribution in [3.63, 3.8) is 0 Å². The van der Waals surface area contributed by atoms with Crippen LogP contribution in [0.3, 0.4) is 0 Å². The molecule has 0 amide bonds. The minimum absolute atomic E-state index is 0.103. The summed E-state index contributed by atoms with van der Waals surface area (Å²) in [6, 6.07) is 5.97. The molecule has 5 nitrogen and oxygen atoms in total. The van der Waals surface area contributed by atoms with Gasteiger partial charge in [-0.25, -0.2) is 13.1 Å². The fourth-order valence-electron chi connectivity index (χ4n) is 1.46. The highest BCUT2D eigenvalue weighted by Crippen LogP contribution is 2.15. The number of hydrogen-bond donors (Lipinski definition) is 2. The Morgan fingerprint density at radius 3 is 2.74 bits per heavy atom. The molecule has 0 aliphatic heterocycles. The number of sulfonamides is 1. The van der Waals surface area contributed by atoms with Gasteiger partial charge in [-0.05, 0) is 31.0 Å². The van der Waals surface area contributed by atoms with Gasteiger partial charge in [0.05, 0.1) is 10.8 Å². The molecule has 0 heterocycles. The molecular weight excluding hydrogens is 290 g/mol. The predicted octanol–water partition coefficient (Wildman–Crippen LogP) is 2.12. The average Bonchev–Trinajstić information content (AvgIpc) is 2.34. The van der Waals surface area contributed by atoms with E-state index in [9.17, 15) is 13.2 Å². The lowest BCUT2D eigenvalue weighted by Crippen LogP contribution is -2.25. The lowest BCUT2D eigenvalue weighted by molar-refractivity contribution is -0.141. The summed E-state index contributed by atoms with van der Waals surface area (Å²) in [4.78, 5) is 10.7. The van der Waals surface area contributed by atoms with Gasteiger partial charge in [-0.1, -0.05) is 24.6 Å². The van der Waals surface area contributed by atoms with Crippen molar-refractivity contribution in [2.24, 2.45) is 5.92 Å². The lowest BCUT2D eigenvalue weighted by Gasteiger charge is -2.08. The van der Waals surface area contributed by atoms with Gasteiger partial charge in [0.2, 0.25) is 10.0 Å². The molecule has 0 aromatic heterocycles. The van der Waals surface area contributed by atoms with Crippen LogP contribution in [0.25, 0.3) is 0 Å². The van der Waals surface area contributed by atoms with E-state index in [1.54, 1.807) is 19.1 Å². The average molecular weight is 306 g/mol. The van der Waals surface area contributed by atoms with E-state index < -0.39 is 21.9 Å². The van der Waals surface area contributed by atoms with Crippen molar-refractivity contribution >= 4 is 27.6 Å². The lowest BCUT2D eigenvalue weighted by atomic mass is 10.1. The van der Waals surface area contributed by atoms with Gasteiger partial charge >= 0.3 is 5.97 Å². The number of hydrogen-bond acceptors (Lipinski definition) is 3. The summed E-state index contributed by atoms with van der Waals surface area (Å²) in [5.41, 5.74) is 0. The molecule has 19 heavy (non-hydrogen) atoms. The molecule has 0 saturated heterocycles. The van der Waals surface area contributed by atoms with Crippen LogP contribution in [-0.2, 0) is 14.8 Å². The zero-order valence-electron chi connectivity index (χ0n) is 10.5. The second kappa shape index (κ2) is 6.88. The van der Waals surface area contributed by atoms with Crippen molar-refractivity contribution in [2.45, 2.75) is 24.7 Å². The Balaban J connectivity index is 2.50. The first-order valence-electron chi connectivity index (χ1n) is 5.81. The van der Waals surface area contributed by atoms with Crippen molar-refractivity contribution in [1.82, 2.24) is 4.72 Å². The quantitative estimate of drug-likeness (QED) is 0.756. The van der Waals surface area contributed by atoms with Gasteiger partial charge in [0.15, 0.2) is 0 Å². The molecule has 1 atom stereocenters. The minimum atomic E-state index is -3.58. The summed E-state index contributed by atoms with van der Waals surface area (Å²) in [7, 11) is -3.58. The first-order chi connectivity index (χ1) is 8.83. The number of halogens is 1. The van der Waals surface area contributed by atoms with Gasteiger partial charge in [0, 0.05) is 11.6 Å². The van der Waals surface area contributed by atoms with Crippen molar-refractivity contribution in [3.05, 3.63) is 29.3 Å². The van der Waals surface area contributed by atoms with Crippen molar-refractivity contribution in [1.29, 1.82) is 0 Å². The van der Waals surface area contributed by atoms with E-state index in [-0.39, 0.29) is 11.4 Å². The van der Waals surface area contributed by atoms with E-state index in [2.05, 4.69) is 4.72 Å². The Morgan fingerprint density at radius 1 is 1.47 bits per heavy atom. The minimum Gasteiger partial charge on any atom is -0.481 e. The number of benzene rings is 1. The van der Waals surface area contributed by atoms with Gasteiger partial charge in [0.1, 0.15) is 0 Å². The Kier molecular flexibility index (Phi) is 5.78. The zero-order chi connectivity index (χ0) is 14.5. The number of nitrogens with one attached hydrogen (secondary N) is 1. The monoisotopic (exact) mass is 305 g/mol. The second-order valence-electron chi connectivity index (χ2n) is 4.24. The summed E-state index contributed by atoms with van der Waals surface area (Å²) in [5.74, 6) is -1.35. The molecule has 2 N–H and O–H groups in total. The van der Waals surface area contributed by atoms with Crippen LogP contribution in [0.1, 0.15) is 19.8 Å². The molecule has 0 spiro atoms. The van der Waals surface area contributed by atoms with Crippen LogP contribution in [0.5, 0.6) is 0 Å². The summed E-state index contributed by atoms with van der Waals surface area (Å²) < 4.78 is 26.2. The van der Waals surface area contributed by atoms with E-state index >= 15 is 0 Å². The molecule has 1 aromatic rings. The summed E-state index contributed by atoms with van der Waals surface area (Å²) in [6.07, 6.45) is 0.890. The van der Waals surface area contributed by atoms with E-state index in [0.29, 0.717) is 17.9 Å². The van der Waals surface area contributed by atoms with Crippen LogP contribution in [0, 0.1) is 5.92 Å². The molecule has 1 unspecified atom stereocenters. The fraction of sp³-hybridized carbons (Fsp3) is 0.417. The number of aliphatic carboxylic acids is 1. The third kappa shape index (κ3) is 5.18.